The van der Waals surface area contributed by atoms with Crippen molar-refractivity contribution < 1.29 is 18.0 Å². The summed E-state index contributed by atoms with van der Waals surface area (Å²) in [6.07, 6.45) is 0.378. The minimum Gasteiger partial charge on any atom is -0.280 e. The number of para-hydroxylation sites is 1. The Labute approximate surface area is 133 Å². The lowest BCUT2D eigenvalue weighted by Crippen LogP contribution is -2.28. The average Bonchev–Trinajstić information content (AvgIpc) is 2.87. The Bertz CT molecular complexity index is 829. The van der Waals surface area contributed by atoms with Crippen molar-refractivity contribution >= 4 is 33.2 Å². The highest BCUT2D eigenvalue weighted by molar-refractivity contribution is 7.92. The molecule has 1 aliphatic rings. The van der Waals surface area contributed by atoms with Crippen molar-refractivity contribution in [1.82, 2.24) is 0 Å². The van der Waals surface area contributed by atoms with Gasteiger partial charge in [-0.25, -0.2) is 8.42 Å². The van der Waals surface area contributed by atoms with Crippen LogP contribution in [-0.4, -0.2) is 20.2 Å². The highest BCUT2D eigenvalue weighted by atomic mass is 32.2. The number of carbonyl (C=O) groups excluding carboxylic acids is 2. The molecule has 0 aliphatic carbocycles. The van der Waals surface area contributed by atoms with E-state index in [1.807, 2.05) is 0 Å². The van der Waals surface area contributed by atoms with Gasteiger partial charge < -0.3 is 0 Å². The summed E-state index contributed by atoms with van der Waals surface area (Å²) in [4.78, 5) is 24.5. The van der Waals surface area contributed by atoms with E-state index in [2.05, 4.69) is 4.72 Å². The molecular formula is C16H14N2O4S. The van der Waals surface area contributed by atoms with Crippen LogP contribution in [0.1, 0.15) is 12.8 Å². The van der Waals surface area contributed by atoms with Crippen molar-refractivity contribution in [3.63, 3.8) is 0 Å². The number of benzene rings is 2. The van der Waals surface area contributed by atoms with Crippen LogP contribution in [0.4, 0.5) is 11.4 Å². The number of amides is 2. The molecule has 23 heavy (non-hydrogen) atoms. The molecule has 6 nitrogen and oxygen atoms in total. The number of carbonyl (C=O) groups is 2. The lowest BCUT2D eigenvalue weighted by atomic mass is 10.3. The van der Waals surface area contributed by atoms with Gasteiger partial charge in [0.1, 0.15) is 0 Å². The van der Waals surface area contributed by atoms with Crippen LogP contribution in [0.3, 0.4) is 0 Å². The molecule has 3 rings (SSSR count). The smallest absolute Gasteiger partial charge is 0.261 e. The molecule has 118 valence electrons. The van der Waals surface area contributed by atoms with Crippen LogP contribution in [0.2, 0.25) is 0 Å². The maximum Gasteiger partial charge on any atom is 0.261 e. The second-order valence-corrected chi connectivity index (χ2v) is 6.77. The molecule has 1 heterocycles. The Morgan fingerprint density at radius 2 is 1.39 bits per heavy atom. The van der Waals surface area contributed by atoms with Crippen LogP contribution in [0.5, 0.6) is 0 Å². The number of hydrogen-bond donors (Lipinski definition) is 1. The standard InChI is InChI=1S/C16H14N2O4S/c19-15-10-11-16(20)18(15)13-6-8-14(9-7-13)23(21,22)17-12-4-2-1-3-5-12/h1-9,17H,10-11H2. The van der Waals surface area contributed by atoms with Gasteiger partial charge in [-0.15, -0.1) is 0 Å². The molecule has 0 spiro atoms. The fraction of sp³-hybridized carbons (Fsp3) is 0.125. The van der Waals surface area contributed by atoms with E-state index in [0.717, 1.165) is 4.90 Å². The van der Waals surface area contributed by atoms with Crippen molar-refractivity contribution in [3.8, 4) is 0 Å². The first kappa shape index (κ1) is 15.2. The van der Waals surface area contributed by atoms with E-state index < -0.39 is 10.0 Å². The number of rotatable bonds is 4. The Morgan fingerprint density at radius 3 is 1.96 bits per heavy atom. The normalized spacial score (nSPS) is 15.0. The Hall–Kier alpha value is -2.67. The minimum absolute atomic E-state index is 0.0594. The van der Waals surface area contributed by atoms with Crippen LogP contribution in [0, 0.1) is 0 Å². The number of anilines is 2. The fourth-order valence-electron chi connectivity index (χ4n) is 2.36. The third-order valence-corrected chi connectivity index (χ3v) is 4.88. The highest BCUT2D eigenvalue weighted by Gasteiger charge is 2.30. The molecular weight excluding hydrogens is 316 g/mol. The van der Waals surface area contributed by atoms with Crippen LogP contribution in [0.25, 0.3) is 0 Å². The molecule has 0 radical (unpaired) electrons. The minimum atomic E-state index is -3.72. The van der Waals surface area contributed by atoms with Crippen molar-refractivity contribution in [2.75, 3.05) is 9.62 Å². The zero-order valence-electron chi connectivity index (χ0n) is 12.1. The summed E-state index contributed by atoms with van der Waals surface area (Å²) in [6, 6.07) is 14.2. The van der Waals surface area contributed by atoms with Gasteiger partial charge in [-0.2, -0.15) is 0 Å². The van der Waals surface area contributed by atoms with E-state index >= 15 is 0 Å². The quantitative estimate of drug-likeness (QED) is 0.871. The molecule has 0 unspecified atom stereocenters. The number of imide groups is 1. The third-order valence-electron chi connectivity index (χ3n) is 3.48. The van der Waals surface area contributed by atoms with E-state index in [1.165, 1.54) is 24.3 Å². The monoisotopic (exact) mass is 330 g/mol. The van der Waals surface area contributed by atoms with E-state index in [4.69, 9.17) is 0 Å². The van der Waals surface area contributed by atoms with Gasteiger partial charge in [0.2, 0.25) is 11.8 Å². The lowest BCUT2D eigenvalue weighted by Gasteiger charge is -2.14. The Balaban J connectivity index is 1.84. The van der Waals surface area contributed by atoms with Gasteiger partial charge in [0.05, 0.1) is 10.6 Å². The Kier molecular flexibility index (Phi) is 3.87. The van der Waals surface area contributed by atoms with Crippen LogP contribution in [0.15, 0.2) is 59.5 Å². The fourth-order valence-corrected chi connectivity index (χ4v) is 3.42. The summed E-state index contributed by atoms with van der Waals surface area (Å²) in [5, 5.41) is 0. The molecule has 0 aromatic heterocycles. The summed E-state index contributed by atoms with van der Waals surface area (Å²) in [5.41, 5.74) is 0.845. The second kappa shape index (κ2) is 5.85. The maximum absolute atomic E-state index is 12.3. The molecule has 0 saturated carbocycles. The number of nitrogens with one attached hydrogen (secondary N) is 1. The zero-order valence-corrected chi connectivity index (χ0v) is 12.9. The van der Waals surface area contributed by atoms with E-state index in [0.29, 0.717) is 11.4 Å². The third kappa shape index (κ3) is 3.09. The number of sulfonamides is 1. The lowest BCUT2D eigenvalue weighted by molar-refractivity contribution is -0.121. The van der Waals surface area contributed by atoms with Crippen LogP contribution < -0.4 is 9.62 Å². The van der Waals surface area contributed by atoms with Gasteiger partial charge in [-0.05, 0) is 36.4 Å². The second-order valence-electron chi connectivity index (χ2n) is 5.09. The van der Waals surface area contributed by atoms with Crippen molar-refractivity contribution in [1.29, 1.82) is 0 Å². The van der Waals surface area contributed by atoms with Gasteiger partial charge in [0.15, 0.2) is 0 Å². The first-order chi connectivity index (χ1) is 11.0. The summed E-state index contributed by atoms with van der Waals surface area (Å²) in [7, 11) is -3.72. The molecule has 2 aromatic rings. The van der Waals surface area contributed by atoms with Crippen molar-refractivity contribution in [2.45, 2.75) is 17.7 Å². The predicted molar refractivity (Wildman–Crippen MR) is 85.4 cm³/mol. The van der Waals surface area contributed by atoms with Crippen molar-refractivity contribution in [2.24, 2.45) is 0 Å². The summed E-state index contributed by atoms with van der Waals surface area (Å²) in [5.74, 6) is -0.541. The van der Waals surface area contributed by atoms with Gasteiger partial charge in [-0.1, -0.05) is 18.2 Å². The molecule has 0 atom stereocenters. The number of nitrogens with zero attached hydrogens (tertiary/aromatic N) is 1. The zero-order chi connectivity index (χ0) is 16.4. The largest absolute Gasteiger partial charge is 0.280 e. The van der Waals surface area contributed by atoms with E-state index in [-0.39, 0.29) is 29.6 Å². The molecule has 1 aliphatic heterocycles. The summed E-state index contributed by atoms with van der Waals surface area (Å²) in [6.45, 7) is 0. The van der Waals surface area contributed by atoms with Gasteiger partial charge in [-0.3, -0.25) is 19.2 Å². The number of hydrogen-bond acceptors (Lipinski definition) is 4. The first-order valence-corrected chi connectivity index (χ1v) is 8.49. The molecule has 2 amide bonds. The van der Waals surface area contributed by atoms with Crippen molar-refractivity contribution in [3.05, 3.63) is 54.6 Å². The molecule has 1 N–H and O–H groups in total. The summed E-state index contributed by atoms with van der Waals surface area (Å²) < 4.78 is 27.1. The Morgan fingerprint density at radius 1 is 0.826 bits per heavy atom. The first-order valence-electron chi connectivity index (χ1n) is 7.01. The topological polar surface area (TPSA) is 83.6 Å². The van der Waals surface area contributed by atoms with Crippen LogP contribution in [-0.2, 0) is 19.6 Å². The van der Waals surface area contributed by atoms with Gasteiger partial charge >= 0.3 is 0 Å². The highest BCUT2D eigenvalue weighted by Crippen LogP contribution is 2.24. The molecule has 2 aromatic carbocycles. The predicted octanol–water partition coefficient (Wildman–Crippen LogP) is 2.14. The van der Waals surface area contributed by atoms with E-state index in [9.17, 15) is 18.0 Å². The van der Waals surface area contributed by atoms with Gasteiger partial charge in [0.25, 0.3) is 10.0 Å². The summed E-state index contributed by atoms with van der Waals surface area (Å²) >= 11 is 0. The molecule has 1 saturated heterocycles. The van der Waals surface area contributed by atoms with Crippen LogP contribution >= 0.6 is 0 Å². The molecule has 1 fully saturated rings. The molecule has 0 bridgehead atoms. The van der Waals surface area contributed by atoms with Gasteiger partial charge in [0, 0.05) is 18.5 Å². The average molecular weight is 330 g/mol. The SMILES string of the molecule is O=C1CCC(=O)N1c1ccc(S(=O)(=O)Nc2ccccc2)cc1. The van der Waals surface area contributed by atoms with E-state index in [1.54, 1.807) is 30.3 Å². The molecule has 7 heteroatoms. The maximum atomic E-state index is 12.3.